The lowest BCUT2D eigenvalue weighted by Crippen LogP contribution is -2.28. The minimum Gasteiger partial charge on any atom is -0.495 e. The van der Waals surface area contributed by atoms with Gasteiger partial charge in [0.05, 0.1) is 7.11 Å². The van der Waals surface area contributed by atoms with Crippen molar-refractivity contribution in [2.45, 2.75) is 31.6 Å². The Kier molecular flexibility index (Phi) is 5.53. The first-order chi connectivity index (χ1) is 12.8. The summed E-state index contributed by atoms with van der Waals surface area (Å²) >= 11 is 0. The second-order valence-electron chi connectivity index (χ2n) is 6.68. The van der Waals surface area contributed by atoms with E-state index in [2.05, 4.69) is 5.32 Å². The number of ether oxygens (including phenoxy) is 1. The molecule has 3 rings (SSSR count). The van der Waals surface area contributed by atoms with Crippen molar-refractivity contribution in [3.8, 4) is 5.75 Å². The average Bonchev–Trinajstić information content (AvgIpc) is 3.20. The lowest BCUT2D eigenvalue weighted by Gasteiger charge is -2.18. The molecule has 0 bridgehead atoms. The quantitative estimate of drug-likeness (QED) is 0.852. The summed E-state index contributed by atoms with van der Waals surface area (Å²) in [5.74, 6) is -0.116. The Morgan fingerprint density at radius 3 is 2.48 bits per heavy atom. The smallest absolute Gasteiger partial charge is 0.255 e. The van der Waals surface area contributed by atoms with E-state index in [4.69, 9.17) is 4.74 Å². The minimum atomic E-state index is -3.70. The average molecular weight is 388 g/mol. The molecular weight excluding hydrogens is 364 g/mol. The zero-order valence-corrected chi connectivity index (χ0v) is 16.6. The number of rotatable bonds is 5. The summed E-state index contributed by atoms with van der Waals surface area (Å²) < 4.78 is 32.6. The molecule has 27 heavy (non-hydrogen) atoms. The van der Waals surface area contributed by atoms with Crippen LogP contribution in [0, 0.1) is 13.8 Å². The first-order valence-corrected chi connectivity index (χ1v) is 10.3. The zero-order valence-electron chi connectivity index (χ0n) is 15.8. The standard InChI is InChI=1S/C20H24N2O4S/c1-14-7-6-8-17(15(14)2)21-20(23)16-9-10-18(26-3)19(13-16)27(24,25)22-11-4-5-12-22/h6-10,13H,4-5,11-12H2,1-3H3,(H,21,23). The van der Waals surface area contributed by atoms with Crippen molar-refractivity contribution in [2.75, 3.05) is 25.5 Å². The molecule has 0 unspecified atom stereocenters. The van der Waals surface area contributed by atoms with E-state index in [1.165, 1.54) is 23.5 Å². The van der Waals surface area contributed by atoms with Gasteiger partial charge < -0.3 is 10.1 Å². The second-order valence-corrected chi connectivity index (χ2v) is 8.58. The highest BCUT2D eigenvalue weighted by atomic mass is 32.2. The number of benzene rings is 2. The SMILES string of the molecule is COc1ccc(C(=O)Nc2cccc(C)c2C)cc1S(=O)(=O)N1CCCC1. The molecule has 7 heteroatoms. The van der Waals surface area contributed by atoms with Crippen LogP contribution >= 0.6 is 0 Å². The molecule has 6 nitrogen and oxygen atoms in total. The number of anilines is 1. The first-order valence-electron chi connectivity index (χ1n) is 8.90. The van der Waals surface area contributed by atoms with Crippen molar-refractivity contribution >= 4 is 21.6 Å². The zero-order chi connectivity index (χ0) is 19.6. The molecule has 1 amide bonds. The highest BCUT2D eigenvalue weighted by Gasteiger charge is 2.30. The first kappa shape index (κ1) is 19.4. The number of methoxy groups -OCH3 is 1. The summed E-state index contributed by atoms with van der Waals surface area (Å²) in [6.07, 6.45) is 1.68. The Morgan fingerprint density at radius 2 is 1.81 bits per heavy atom. The van der Waals surface area contributed by atoms with Crippen LogP contribution in [-0.2, 0) is 10.0 Å². The van der Waals surface area contributed by atoms with Crippen molar-refractivity contribution < 1.29 is 17.9 Å². The maximum Gasteiger partial charge on any atom is 0.255 e. The van der Waals surface area contributed by atoms with Crippen molar-refractivity contribution in [2.24, 2.45) is 0 Å². The van der Waals surface area contributed by atoms with Gasteiger partial charge in [0, 0.05) is 24.3 Å². The van der Waals surface area contributed by atoms with Crippen LogP contribution in [-0.4, -0.2) is 38.8 Å². The molecule has 1 N–H and O–H groups in total. The molecule has 0 saturated carbocycles. The van der Waals surface area contributed by atoms with Gasteiger partial charge in [0.15, 0.2) is 0 Å². The predicted octanol–water partition coefficient (Wildman–Crippen LogP) is 3.35. The number of sulfonamides is 1. The fraction of sp³-hybridized carbons (Fsp3) is 0.350. The number of nitrogens with one attached hydrogen (secondary N) is 1. The van der Waals surface area contributed by atoms with Crippen LogP contribution < -0.4 is 10.1 Å². The van der Waals surface area contributed by atoms with Crippen LogP contribution in [0.2, 0.25) is 0 Å². The Balaban J connectivity index is 1.95. The molecule has 1 fully saturated rings. The van der Waals surface area contributed by atoms with Gasteiger partial charge in [-0.1, -0.05) is 12.1 Å². The van der Waals surface area contributed by atoms with Gasteiger partial charge in [0.25, 0.3) is 5.91 Å². The Labute approximate surface area is 160 Å². The summed E-state index contributed by atoms with van der Waals surface area (Å²) in [7, 11) is -2.27. The van der Waals surface area contributed by atoms with Crippen LogP contribution in [0.3, 0.4) is 0 Å². The van der Waals surface area contributed by atoms with E-state index in [1.54, 1.807) is 6.07 Å². The molecule has 0 radical (unpaired) electrons. The molecule has 0 aromatic heterocycles. The normalized spacial score (nSPS) is 14.9. The molecule has 144 valence electrons. The summed E-state index contributed by atoms with van der Waals surface area (Å²) in [6, 6.07) is 10.2. The number of amides is 1. The van der Waals surface area contributed by atoms with E-state index < -0.39 is 10.0 Å². The molecule has 1 aliphatic heterocycles. The molecule has 2 aromatic carbocycles. The Hall–Kier alpha value is -2.38. The van der Waals surface area contributed by atoms with Crippen LogP contribution in [0.1, 0.15) is 34.3 Å². The number of carbonyl (C=O) groups excluding carboxylic acids is 1. The van der Waals surface area contributed by atoms with E-state index in [0.29, 0.717) is 18.8 Å². The van der Waals surface area contributed by atoms with Gasteiger partial charge in [-0.15, -0.1) is 0 Å². The van der Waals surface area contributed by atoms with Crippen LogP contribution in [0.15, 0.2) is 41.3 Å². The van der Waals surface area contributed by atoms with E-state index in [0.717, 1.165) is 24.0 Å². The van der Waals surface area contributed by atoms with Crippen LogP contribution in [0.25, 0.3) is 0 Å². The van der Waals surface area contributed by atoms with E-state index in [1.807, 2.05) is 32.0 Å². The molecule has 1 aliphatic rings. The summed E-state index contributed by atoms with van der Waals surface area (Å²) in [6.45, 7) is 4.89. The maximum absolute atomic E-state index is 13.0. The molecule has 1 saturated heterocycles. The maximum atomic E-state index is 13.0. The number of carbonyl (C=O) groups is 1. The van der Waals surface area contributed by atoms with E-state index >= 15 is 0 Å². The van der Waals surface area contributed by atoms with Crippen molar-refractivity contribution in [1.29, 1.82) is 0 Å². The van der Waals surface area contributed by atoms with Gasteiger partial charge in [0.2, 0.25) is 10.0 Å². The van der Waals surface area contributed by atoms with Gasteiger partial charge in [-0.3, -0.25) is 4.79 Å². The molecule has 0 spiro atoms. The molecule has 0 aliphatic carbocycles. The molecule has 1 heterocycles. The summed E-state index contributed by atoms with van der Waals surface area (Å²) in [4.78, 5) is 12.7. The summed E-state index contributed by atoms with van der Waals surface area (Å²) in [5.41, 5.74) is 3.03. The van der Waals surface area contributed by atoms with Crippen molar-refractivity contribution in [3.63, 3.8) is 0 Å². The summed E-state index contributed by atoms with van der Waals surface area (Å²) in [5, 5.41) is 2.86. The minimum absolute atomic E-state index is 0.0283. The number of hydrogen-bond acceptors (Lipinski definition) is 4. The third-order valence-electron chi connectivity index (χ3n) is 4.96. The second kappa shape index (κ2) is 7.70. The highest BCUT2D eigenvalue weighted by Crippen LogP contribution is 2.30. The third kappa shape index (κ3) is 3.84. The number of nitrogens with zero attached hydrogens (tertiary/aromatic N) is 1. The van der Waals surface area contributed by atoms with Gasteiger partial charge in [0.1, 0.15) is 10.6 Å². The van der Waals surface area contributed by atoms with Gasteiger partial charge >= 0.3 is 0 Å². The van der Waals surface area contributed by atoms with Gasteiger partial charge in [-0.05, 0) is 62.1 Å². The van der Waals surface area contributed by atoms with Gasteiger partial charge in [-0.2, -0.15) is 4.31 Å². The lowest BCUT2D eigenvalue weighted by molar-refractivity contribution is 0.102. The Morgan fingerprint density at radius 1 is 1.11 bits per heavy atom. The fourth-order valence-corrected chi connectivity index (χ4v) is 4.87. The molecule has 2 aromatic rings. The molecular formula is C20H24N2O4S. The lowest BCUT2D eigenvalue weighted by atomic mass is 10.1. The van der Waals surface area contributed by atoms with Gasteiger partial charge in [-0.25, -0.2) is 8.42 Å². The van der Waals surface area contributed by atoms with Crippen LogP contribution in [0.5, 0.6) is 5.75 Å². The molecule has 0 atom stereocenters. The third-order valence-corrected chi connectivity index (χ3v) is 6.88. The predicted molar refractivity (Wildman–Crippen MR) is 105 cm³/mol. The fourth-order valence-electron chi connectivity index (χ4n) is 3.17. The van der Waals surface area contributed by atoms with Crippen molar-refractivity contribution in [1.82, 2.24) is 4.31 Å². The monoisotopic (exact) mass is 388 g/mol. The van der Waals surface area contributed by atoms with Crippen LogP contribution in [0.4, 0.5) is 5.69 Å². The largest absolute Gasteiger partial charge is 0.495 e. The number of hydrogen-bond donors (Lipinski definition) is 1. The van der Waals surface area contributed by atoms with E-state index in [9.17, 15) is 13.2 Å². The Bertz CT molecular complexity index is 964. The number of aryl methyl sites for hydroxylation is 1. The highest BCUT2D eigenvalue weighted by molar-refractivity contribution is 7.89. The van der Waals surface area contributed by atoms with Crippen molar-refractivity contribution in [3.05, 3.63) is 53.1 Å². The topological polar surface area (TPSA) is 75.7 Å². The van der Waals surface area contributed by atoms with E-state index in [-0.39, 0.29) is 22.1 Å².